The average Bonchev–Trinajstić information content (AvgIpc) is 3.09. The Kier molecular flexibility index (Phi) is 7.90. The van der Waals surface area contributed by atoms with Gasteiger partial charge in [-0.25, -0.2) is 13.6 Å². The molecule has 11 heteroatoms. The molecule has 0 fully saturated rings. The number of H-pyrrole nitrogens is 1. The molecule has 2 aromatic heterocycles. The van der Waals surface area contributed by atoms with Crippen LogP contribution in [0.3, 0.4) is 0 Å². The van der Waals surface area contributed by atoms with Gasteiger partial charge < -0.3 is 26.1 Å². The zero-order valence-electron chi connectivity index (χ0n) is 17.8. The van der Waals surface area contributed by atoms with Gasteiger partial charge in [0.05, 0.1) is 19.3 Å². The number of nitrogens with two attached hydrogens (primary N) is 1. The van der Waals surface area contributed by atoms with Gasteiger partial charge in [-0.15, -0.1) is 0 Å². The van der Waals surface area contributed by atoms with Crippen LogP contribution in [-0.2, 0) is 17.9 Å². The molecule has 0 aliphatic rings. The number of nitrogens with zero attached hydrogens (tertiary/aromatic N) is 2. The Morgan fingerprint density at radius 2 is 2.12 bits per heavy atom. The molecule has 0 amide bonds. The molecule has 1 atom stereocenters. The predicted molar refractivity (Wildman–Crippen MR) is 117 cm³/mol. The van der Waals surface area contributed by atoms with Gasteiger partial charge in [-0.2, -0.15) is 4.98 Å². The lowest BCUT2D eigenvalue weighted by atomic mass is 10.2. The highest BCUT2D eigenvalue weighted by Gasteiger charge is 2.14. The van der Waals surface area contributed by atoms with Crippen LogP contribution in [0.25, 0.3) is 11.0 Å². The summed E-state index contributed by atoms with van der Waals surface area (Å²) < 4.78 is 34.1. The third-order valence-corrected chi connectivity index (χ3v) is 4.80. The Morgan fingerprint density at radius 1 is 1.31 bits per heavy atom. The van der Waals surface area contributed by atoms with Crippen LogP contribution < -0.4 is 22.1 Å². The summed E-state index contributed by atoms with van der Waals surface area (Å²) >= 11 is 0. The fourth-order valence-corrected chi connectivity index (χ4v) is 3.24. The number of aryl methyl sites for hydroxylation is 1. The summed E-state index contributed by atoms with van der Waals surface area (Å²) in [6, 6.07) is 5.50. The molecule has 1 unspecified atom stereocenters. The van der Waals surface area contributed by atoms with E-state index in [1.54, 1.807) is 6.20 Å². The van der Waals surface area contributed by atoms with E-state index in [2.05, 4.69) is 20.6 Å². The van der Waals surface area contributed by atoms with Gasteiger partial charge in [0.2, 0.25) is 0 Å². The number of rotatable bonds is 11. The van der Waals surface area contributed by atoms with Crippen molar-refractivity contribution in [3.05, 3.63) is 63.8 Å². The molecule has 0 aliphatic heterocycles. The highest BCUT2D eigenvalue weighted by atomic mass is 19.2. The third-order valence-electron chi connectivity index (χ3n) is 4.80. The summed E-state index contributed by atoms with van der Waals surface area (Å²) in [5, 5.41) is 13.9. The van der Waals surface area contributed by atoms with E-state index in [0.717, 1.165) is 29.6 Å². The Labute approximate surface area is 183 Å². The monoisotopic (exact) mass is 447 g/mol. The maximum Gasteiger partial charge on any atom is 0.349 e. The first-order valence-corrected chi connectivity index (χ1v) is 10.2. The van der Waals surface area contributed by atoms with E-state index in [1.807, 2.05) is 13.0 Å². The van der Waals surface area contributed by atoms with Gasteiger partial charge in [-0.1, -0.05) is 6.07 Å². The maximum atomic E-state index is 13.5. The summed E-state index contributed by atoms with van der Waals surface area (Å²) in [7, 11) is 0. The SMILES string of the molecule is Cc1cc2cn(CC(CNCCCNC(=N)N)OCc3ccc(F)c(F)c3)c(=O)nc2[nH]1. The quantitative estimate of drug-likeness (QED) is 0.171. The second kappa shape index (κ2) is 10.8. The fraction of sp³-hybridized carbons (Fsp3) is 0.381. The number of ether oxygens (including phenoxy) is 1. The fourth-order valence-electron chi connectivity index (χ4n) is 3.24. The van der Waals surface area contributed by atoms with E-state index in [0.29, 0.717) is 30.8 Å². The number of benzene rings is 1. The van der Waals surface area contributed by atoms with Crippen LogP contribution in [0.2, 0.25) is 0 Å². The van der Waals surface area contributed by atoms with Crippen molar-refractivity contribution in [3.63, 3.8) is 0 Å². The largest absolute Gasteiger partial charge is 0.370 e. The molecule has 0 radical (unpaired) electrons. The third kappa shape index (κ3) is 6.59. The highest BCUT2D eigenvalue weighted by Crippen LogP contribution is 2.13. The Bertz CT molecular complexity index is 1130. The topological polar surface area (TPSA) is 134 Å². The summed E-state index contributed by atoms with van der Waals surface area (Å²) in [5.74, 6) is -1.94. The first kappa shape index (κ1) is 23.4. The van der Waals surface area contributed by atoms with Crippen LogP contribution in [0, 0.1) is 24.0 Å². The molecular weight excluding hydrogens is 420 g/mol. The molecule has 3 rings (SSSR count). The van der Waals surface area contributed by atoms with E-state index in [1.165, 1.54) is 10.6 Å². The van der Waals surface area contributed by atoms with Crippen LogP contribution in [-0.4, -0.2) is 46.2 Å². The molecule has 3 aromatic rings. The average molecular weight is 447 g/mol. The van der Waals surface area contributed by atoms with Crippen molar-refractivity contribution in [2.75, 3.05) is 19.6 Å². The molecule has 1 aromatic carbocycles. The molecule has 0 aliphatic carbocycles. The molecular formula is C21H27F2N7O2. The van der Waals surface area contributed by atoms with Gasteiger partial charge in [-0.3, -0.25) is 9.98 Å². The number of hydrogen-bond donors (Lipinski definition) is 5. The zero-order valence-corrected chi connectivity index (χ0v) is 17.8. The van der Waals surface area contributed by atoms with Crippen molar-refractivity contribution in [3.8, 4) is 0 Å². The van der Waals surface area contributed by atoms with E-state index in [9.17, 15) is 13.6 Å². The lowest BCUT2D eigenvalue weighted by Gasteiger charge is -2.20. The van der Waals surface area contributed by atoms with Gasteiger partial charge in [0.15, 0.2) is 17.6 Å². The molecule has 172 valence electrons. The van der Waals surface area contributed by atoms with Crippen LogP contribution in [0.5, 0.6) is 0 Å². The van der Waals surface area contributed by atoms with Gasteiger partial charge in [0.1, 0.15) is 5.65 Å². The van der Waals surface area contributed by atoms with Gasteiger partial charge in [0, 0.05) is 30.4 Å². The maximum absolute atomic E-state index is 13.5. The number of aromatic amines is 1. The second-order valence-electron chi connectivity index (χ2n) is 7.51. The molecule has 0 spiro atoms. The number of halogens is 2. The zero-order chi connectivity index (χ0) is 23.1. The standard InChI is InChI=1S/C21H27F2N7O2/c1-13-7-15-10-30(21(31)29-19(15)28-13)11-16(9-26-5-2-6-27-20(24)25)32-12-14-3-4-17(22)18(23)8-14/h3-4,7-8,10,16,26H,2,5-6,9,11-12H2,1H3,(H4,24,25,27)(H,28,29,31). The summed E-state index contributed by atoms with van der Waals surface area (Å²) in [4.78, 5) is 19.5. The summed E-state index contributed by atoms with van der Waals surface area (Å²) in [5.41, 5.74) is 6.76. The first-order chi connectivity index (χ1) is 15.3. The molecule has 32 heavy (non-hydrogen) atoms. The predicted octanol–water partition coefficient (Wildman–Crippen LogP) is 1.36. The van der Waals surface area contributed by atoms with Crippen molar-refractivity contribution in [1.29, 1.82) is 5.41 Å². The van der Waals surface area contributed by atoms with Gasteiger partial charge in [-0.05, 0) is 43.7 Å². The number of fused-ring (bicyclic) bond motifs is 1. The molecule has 2 heterocycles. The molecule has 0 saturated heterocycles. The van der Waals surface area contributed by atoms with E-state index < -0.39 is 23.4 Å². The number of aromatic nitrogens is 3. The number of hydrogen-bond acceptors (Lipinski definition) is 5. The van der Waals surface area contributed by atoms with Crippen LogP contribution in [0.4, 0.5) is 8.78 Å². The molecule has 0 saturated carbocycles. The van der Waals surface area contributed by atoms with Crippen molar-refractivity contribution in [1.82, 2.24) is 25.2 Å². The van der Waals surface area contributed by atoms with Crippen LogP contribution >= 0.6 is 0 Å². The minimum Gasteiger partial charge on any atom is -0.370 e. The summed E-state index contributed by atoms with van der Waals surface area (Å²) in [6.07, 6.45) is 2.02. The van der Waals surface area contributed by atoms with Crippen LogP contribution in [0.1, 0.15) is 17.7 Å². The van der Waals surface area contributed by atoms with Gasteiger partial charge in [0.25, 0.3) is 0 Å². The Hall–Kier alpha value is -3.31. The lowest BCUT2D eigenvalue weighted by Crippen LogP contribution is -2.37. The Morgan fingerprint density at radius 3 is 2.88 bits per heavy atom. The smallest absolute Gasteiger partial charge is 0.349 e. The van der Waals surface area contributed by atoms with E-state index >= 15 is 0 Å². The minimum absolute atomic E-state index is 0.0587. The molecule has 0 bridgehead atoms. The van der Waals surface area contributed by atoms with E-state index in [-0.39, 0.29) is 19.1 Å². The number of nitrogens with one attached hydrogen (secondary N) is 4. The summed E-state index contributed by atoms with van der Waals surface area (Å²) in [6.45, 7) is 3.77. The second-order valence-corrected chi connectivity index (χ2v) is 7.51. The van der Waals surface area contributed by atoms with E-state index in [4.69, 9.17) is 15.9 Å². The highest BCUT2D eigenvalue weighted by molar-refractivity contribution is 5.75. The first-order valence-electron chi connectivity index (χ1n) is 10.2. The molecule has 6 N–H and O–H groups in total. The lowest BCUT2D eigenvalue weighted by molar-refractivity contribution is 0.0287. The van der Waals surface area contributed by atoms with Crippen molar-refractivity contribution in [2.45, 2.75) is 32.6 Å². The van der Waals surface area contributed by atoms with Crippen molar-refractivity contribution < 1.29 is 13.5 Å². The minimum atomic E-state index is -0.938. The van der Waals surface area contributed by atoms with Crippen molar-refractivity contribution in [2.24, 2.45) is 5.73 Å². The van der Waals surface area contributed by atoms with Crippen LogP contribution in [0.15, 0.2) is 35.3 Å². The van der Waals surface area contributed by atoms with Gasteiger partial charge >= 0.3 is 5.69 Å². The normalized spacial score (nSPS) is 12.2. The molecule has 9 nitrogen and oxygen atoms in total. The Balaban J connectivity index is 1.66. The van der Waals surface area contributed by atoms with Crippen molar-refractivity contribution >= 4 is 17.0 Å². The number of guanidine groups is 1.